The Morgan fingerprint density at radius 3 is 2.37 bits per heavy atom. The van der Waals surface area contributed by atoms with Crippen molar-refractivity contribution in [1.29, 1.82) is 0 Å². The zero-order chi connectivity index (χ0) is 19.1. The molecule has 138 valence electrons. The van der Waals surface area contributed by atoms with Gasteiger partial charge in [0.25, 0.3) is 5.91 Å². The topological polar surface area (TPSA) is 67.5 Å². The fourth-order valence-corrected chi connectivity index (χ4v) is 3.61. The van der Waals surface area contributed by atoms with Crippen molar-refractivity contribution in [3.05, 3.63) is 70.5 Å². The summed E-state index contributed by atoms with van der Waals surface area (Å²) in [5.41, 5.74) is 5.16. The quantitative estimate of drug-likeness (QED) is 0.766. The van der Waals surface area contributed by atoms with E-state index in [-0.39, 0.29) is 11.9 Å². The summed E-state index contributed by atoms with van der Waals surface area (Å²) in [5.74, 6) is 1.16. The van der Waals surface area contributed by atoms with Crippen molar-refractivity contribution in [3.8, 4) is 11.5 Å². The molecule has 0 saturated carbocycles. The number of hydrogen-bond acceptors (Lipinski definition) is 4. The molecular weight excluding hydrogens is 342 g/mol. The predicted octanol–water partition coefficient (Wildman–Crippen LogP) is 3.79. The highest BCUT2D eigenvalue weighted by atomic mass is 16.5. The molecule has 1 aliphatic rings. The minimum absolute atomic E-state index is 0.113. The van der Waals surface area contributed by atoms with Crippen LogP contribution in [0, 0.1) is 13.8 Å². The minimum atomic E-state index is -0.284. The number of benzene rings is 2. The highest BCUT2D eigenvalue weighted by Gasteiger charge is 2.42. The number of ether oxygens (including phenoxy) is 2. The zero-order valence-corrected chi connectivity index (χ0v) is 15.7. The maximum absolute atomic E-state index is 13.1. The number of carbonyl (C=O) groups excluding carboxylic acids is 1. The number of methoxy groups -OCH3 is 2. The number of aromatic amines is 1. The standard InChI is InChI=1S/C21H21N3O3/c1-12-5-8-15(9-6-12)24-20(18-13(2)22-23-19(18)21(24)25)14-7-10-16(26-3)17(11-14)27-4/h5-11,20H,1-4H3,(H,22,23)/t20-/m0/s1. The van der Waals surface area contributed by atoms with Crippen LogP contribution in [-0.2, 0) is 0 Å². The predicted molar refractivity (Wildman–Crippen MR) is 103 cm³/mol. The molecule has 0 bridgehead atoms. The van der Waals surface area contributed by atoms with Gasteiger partial charge in [0.2, 0.25) is 0 Å². The molecule has 6 heteroatoms. The number of anilines is 1. The van der Waals surface area contributed by atoms with Crippen LogP contribution in [0.4, 0.5) is 5.69 Å². The summed E-state index contributed by atoms with van der Waals surface area (Å²) in [7, 11) is 3.21. The fraction of sp³-hybridized carbons (Fsp3) is 0.238. The second-order valence-electron chi connectivity index (χ2n) is 6.64. The number of nitrogens with one attached hydrogen (secondary N) is 1. The summed E-state index contributed by atoms with van der Waals surface area (Å²) in [6, 6.07) is 13.4. The van der Waals surface area contributed by atoms with E-state index in [9.17, 15) is 4.79 Å². The second kappa shape index (κ2) is 6.46. The highest BCUT2D eigenvalue weighted by Crippen LogP contribution is 2.44. The lowest BCUT2D eigenvalue weighted by Crippen LogP contribution is -2.29. The summed E-state index contributed by atoms with van der Waals surface area (Å²) in [6.45, 7) is 3.96. The number of H-pyrrole nitrogens is 1. The van der Waals surface area contributed by atoms with Gasteiger partial charge >= 0.3 is 0 Å². The van der Waals surface area contributed by atoms with E-state index in [4.69, 9.17) is 9.47 Å². The maximum atomic E-state index is 13.1. The molecule has 2 heterocycles. The van der Waals surface area contributed by atoms with Crippen LogP contribution in [-0.4, -0.2) is 30.3 Å². The lowest BCUT2D eigenvalue weighted by Gasteiger charge is -2.27. The lowest BCUT2D eigenvalue weighted by atomic mass is 9.98. The van der Waals surface area contributed by atoms with Crippen molar-refractivity contribution in [2.45, 2.75) is 19.9 Å². The van der Waals surface area contributed by atoms with Gasteiger partial charge in [-0.25, -0.2) is 0 Å². The Bertz CT molecular complexity index is 1010. The molecule has 1 aromatic heterocycles. The third-order valence-electron chi connectivity index (χ3n) is 4.98. The Hall–Kier alpha value is -3.28. The number of hydrogen-bond donors (Lipinski definition) is 1. The molecule has 6 nitrogen and oxygen atoms in total. The molecule has 4 rings (SSSR count). The first kappa shape index (κ1) is 17.1. The van der Waals surface area contributed by atoms with E-state index in [0.29, 0.717) is 17.2 Å². The molecule has 0 fully saturated rings. The number of rotatable bonds is 4. The van der Waals surface area contributed by atoms with Crippen molar-refractivity contribution in [1.82, 2.24) is 10.2 Å². The zero-order valence-electron chi connectivity index (χ0n) is 15.7. The van der Waals surface area contributed by atoms with Crippen LogP contribution in [0.2, 0.25) is 0 Å². The van der Waals surface area contributed by atoms with Crippen LogP contribution < -0.4 is 14.4 Å². The van der Waals surface area contributed by atoms with Gasteiger partial charge in [0.15, 0.2) is 17.2 Å². The van der Waals surface area contributed by atoms with Gasteiger partial charge in [0, 0.05) is 16.9 Å². The Balaban J connectivity index is 1.89. The average molecular weight is 363 g/mol. The van der Waals surface area contributed by atoms with E-state index in [0.717, 1.165) is 28.1 Å². The molecule has 2 aromatic carbocycles. The number of nitrogens with zero attached hydrogens (tertiary/aromatic N) is 2. The largest absolute Gasteiger partial charge is 0.493 e. The molecule has 0 saturated heterocycles. The van der Waals surface area contributed by atoms with E-state index in [1.807, 2.05) is 56.3 Å². The van der Waals surface area contributed by atoms with Gasteiger partial charge in [0.05, 0.1) is 20.3 Å². The van der Waals surface area contributed by atoms with Crippen LogP contribution in [0.1, 0.15) is 38.9 Å². The minimum Gasteiger partial charge on any atom is -0.493 e. The molecule has 1 N–H and O–H groups in total. The summed E-state index contributed by atoms with van der Waals surface area (Å²) >= 11 is 0. The van der Waals surface area contributed by atoms with Crippen LogP contribution in [0.5, 0.6) is 11.5 Å². The first-order valence-electron chi connectivity index (χ1n) is 8.72. The lowest BCUT2D eigenvalue weighted by molar-refractivity contribution is 0.0988. The van der Waals surface area contributed by atoms with Gasteiger partial charge in [-0.15, -0.1) is 0 Å². The Kier molecular flexibility index (Phi) is 4.11. The van der Waals surface area contributed by atoms with Crippen molar-refractivity contribution in [2.24, 2.45) is 0 Å². The van der Waals surface area contributed by atoms with Crippen LogP contribution in [0.3, 0.4) is 0 Å². The summed E-state index contributed by atoms with van der Waals surface area (Å²) in [6.07, 6.45) is 0. The first-order chi connectivity index (χ1) is 13.0. The number of amides is 1. The molecule has 1 amide bonds. The molecular formula is C21H21N3O3. The SMILES string of the molecule is COc1ccc([C@H]2c3c(n[nH]c3C)C(=O)N2c2ccc(C)cc2)cc1OC. The molecule has 0 radical (unpaired) electrons. The Morgan fingerprint density at radius 2 is 1.70 bits per heavy atom. The van der Waals surface area contributed by atoms with Crippen LogP contribution in [0.15, 0.2) is 42.5 Å². The van der Waals surface area contributed by atoms with Crippen molar-refractivity contribution >= 4 is 11.6 Å². The fourth-order valence-electron chi connectivity index (χ4n) is 3.61. The van der Waals surface area contributed by atoms with Gasteiger partial charge in [-0.3, -0.25) is 14.8 Å². The van der Waals surface area contributed by atoms with Crippen LogP contribution >= 0.6 is 0 Å². The third-order valence-corrected chi connectivity index (χ3v) is 4.98. The molecule has 0 aliphatic carbocycles. The number of aromatic nitrogens is 2. The summed E-state index contributed by atoms with van der Waals surface area (Å²) in [4.78, 5) is 14.9. The van der Waals surface area contributed by atoms with Gasteiger partial charge in [0.1, 0.15) is 0 Å². The highest BCUT2D eigenvalue weighted by molar-refractivity contribution is 6.10. The number of fused-ring (bicyclic) bond motifs is 1. The second-order valence-corrected chi connectivity index (χ2v) is 6.64. The van der Waals surface area contributed by atoms with Gasteiger partial charge < -0.3 is 9.47 Å². The number of aryl methyl sites for hydroxylation is 2. The van der Waals surface area contributed by atoms with E-state index in [1.165, 1.54) is 0 Å². The first-order valence-corrected chi connectivity index (χ1v) is 8.72. The van der Waals surface area contributed by atoms with E-state index < -0.39 is 0 Å². The average Bonchev–Trinajstić information content (AvgIpc) is 3.20. The Labute approximate surface area is 157 Å². The Morgan fingerprint density at radius 1 is 1.00 bits per heavy atom. The maximum Gasteiger partial charge on any atom is 0.279 e. The molecule has 3 aromatic rings. The van der Waals surface area contributed by atoms with Gasteiger partial charge in [-0.05, 0) is 43.7 Å². The molecule has 0 unspecified atom stereocenters. The molecule has 1 aliphatic heterocycles. The molecule has 27 heavy (non-hydrogen) atoms. The smallest absolute Gasteiger partial charge is 0.279 e. The van der Waals surface area contributed by atoms with Gasteiger partial charge in [-0.2, -0.15) is 5.10 Å². The van der Waals surface area contributed by atoms with Crippen LogP contribution in [0.25, 0.3) is 0 Å². The van der Waals surface area contributed by atoms with Crippen molar-refractivity contribution in [2.75, 3.05) is 19.1 Å². The summed E-state index contributed by atoms with van der Waals surface area (Å²) in [5, 5.41) is 7.20. The van der Waals surface area contributed by atoms with E-state index in [2.05, 4.69) is 10.2 Å². The third kappa shape index (κ3) is 2.65. The van der Waals surface area contributed by atoms with E-state index >= 15 is 0 Å². The number of carbonyl (C=O) groups is 1. The van der Waals surface area contributed by atoms with E-state index in [1.54, 1.807) is 19.1 Å². The van der Waals surface area contributed by atoms with Crippen molar-refractivity contribution < 1.29 is 14.3 Å². The summed E-state index contributed by atoms with van der Waals surface area (Å²) < 4.78 is 10.8. The van der Waals surface area contributed by atoms with Crippen molar-refractivity contribution in [3.63, 3.8) is 0 Å². The van der Waals surface area contributed by atoms with Gasteiger partial charge in [-0.1, -0.05) is 23.8 Å². The normalized spacial score (nSPS) is 15.8. The monoisotopic (exact) mass is 363 g/mol. The molecule has 1 atom stereocenters. The molecule has 0 spiro atoms.